The maximum atomic E-state index is 13.5. The number of halogens is 1. The molecule has 5 heteroatoms. The van der Waals surface area contributed by atoms with Gasteiger partial charge in [0.15, 0.2) is 0 Å². The Balaban J connectivity index is 1.75. The number of imidazole rings is 1. The van der Waals surface area contributed by atoms with E-state index in [0.29, 0.717) is 6.42 Å². The van der Waals surface area contributed by atoms with Gasteiger partial charge in [0, 0.05) is 36.5 Å². The number of pyridine rings is 1. The molecule has 0 saturated carbocycles. The topological polar surface area (TPSA) is 50.9 Å². The highest BCUT2D eigenvalue weighted by Crippen LogP contribution is 2.33. The highest BCUT2D eigenvalue weighted by Gasteiger charge is 2.19. The fraction of sp³-hybridized carbons (Fsp3) is 0.200. The molecule has 0 unspecified atom stereocenters. The van der Waals surface area contributed by atoms with Crippen molar-refractivity contribution in [2.75, 3.05) is 6.61 Å². The molecular weight excluding hydrogens is 377 g/mol. The Morgan fingerprint density at radius 1 is 0.833 bits per heavy atom. The van der Waals surface area contributed by atoms with Gasteiger partial charge in [0.05, 0.1) is 18.0 Å². The molecule has 4 nitrogen and oxygen atoms in total. The zero-order valence-electron chi connectivity index (χ0n) is 16.7. The standard InChI is InChI=1S/C25H24FN3O/c26-22-10-8-20(9-11-22)24-25(21-12-15-27-16-13-21)29(23(28-24)14-18-30)17-4-7-19-5-2-1-3-6-19/h1-3,5-6,8-13,15-16,30H,4,7,14,17-18H2. The maximum absolute atomic E-state index is 13.5. The first-order valence-electron chi connectivity index (χ1n) is 10.2. The second kappa shape index (κ2) is 9.46. The normalized spacial score (nSPS) is 11.0. The van der Waals surface area contributed by atoms with Gasteiger partial charge in [-0.05, 0) is 54.8 Å². The molecule has 2 aromatic heterocycles. The number of nitrogens with zero attached hydrogens (tertiary/aromatic N) is 3. The van der Waals surface area contributed by atoms with E-state index in [9.17, 15) is 9.50 Å². The van der Waals surface area contributed by atoms with Crippen molar-refractivity contribution in [1.82, 2.24) is 14.5 Å². The van der Waals surface area contributed by atoms with Crippen LogP contribution in [0.3, 0.4) is 0 Å². The van der Waals surface area contributed by atoms with Crippen molar-refractivity contribution in [3.8, 4) is 22.5 Å². The number of aliphatic hydroxyl groups is 1. The number of benzene rings is 2. The van der Waals surface area contributed by atoms with Crippen LogP contribution in [0.2, 0.25) is 0 Å². The number of rotatable bonds is 8. The molecular formula is C25H24FN3O. The van der Waals surface area contributed by atoms with E-state index in [-0.39, 0.29) is 12.4 Å². The van der Waals surface area contributed by atoms with Gasteiger partial charge in [-0.1, -0.05) is 30.3 Å². The Labute approximate surface area is 175 Å². The van der Waals surface area contributed by atoms with Crippen LogP contribution in [0.15, 0.2) is 79.1 Å². The van der Waals surface area contributed by atoms with Gasteiger partial charge < -0.3 is 9.67 Å². The van der Waals surface area contributed by atoms with Gasteiger partial charge in [-0.25, -0.2) is 9.37 Å². The van der Waals surface area contributed by atoms with Gasteiger partial charge in [0.2, 0.25) is 0 Å². The summed E-state index contributed by atoms with van der Waals surface area (Å²) in [6.07, 6.45) is 5.89. The molecule has 4 aromatic rings. The van der Waals surface area contributed by atoms with E-state index in [1.165, 1.54) is 17.7 Å². The number of aromatic nitrogens is 3. The van der Waals surface area contributed by atoms with Crippen LogP contribution in [0.4, 0.5) is 4.39 Å². The van der Waals surface area contributed by atoms with Crippen LogP contribution in [0, 0.1) is 5.82 Å². The molecule has 30 heavy (non-hydrogen) atoms. The molecule has 0 aliphatic carbocycles. The van der Waals surface area contributed by atoms with E-state index in [2.05, 4.69) is 33.8 Å². The third-order valence-electron chi connectivity index (χ3n) is 5.14. The summed E-state index contributed by atoms with van der Waals surface area (Å²) in [5.74, 6) is 0.554. The maximum Gasteiger partial charge on any atom is 0.123 e. The summed E-state index contributed by atoms with van der Waals surface area (Å²) in [4.78, 5) is 9.00. The van der Waals surface area contributed by atoms with Crippen molar-refractivity contribution in [1.29, 1.82) is 0 Å². The lowest BCUT2D eigenvalue weighted by molar-refractivity contribution is 0.294. The van der Waals surface area contributed by atoms with Crippen LogP contribution in [-0.2, 0) is 19.4 Å². The molecule has 4 rings (SSSR count). The molecule has 1 N–H and O–H groups in total. The molecule has 0 spiro atoms. The Morgan fingerprint density at radius 2 is 1.57 bits per heavy atom. The zero-order valence-corrected chi connectivity index (χ0v) is 16.7. The Kier molecular flexibility index (Phi) is 6.30. The quantitative estimate of drug-likeness (QED) is 0.456. The monoisotopic (exact) mass is 401 g/mol. The predicted molar refractivity (Wildman–Crippen MR) is 116 cm³/mol. The Morgan fingerprint density at radius 3 is 2.27 bits per heavy atom. The lowest BCUT2D eigenvalue weighted by atomic mass is 10.1. The van der Waals surface area contributed by atoms with Crippen molar-refractivity contribution in [2.24, 2.45) is 0 Å². The van der Waals surface area contributed by atoms with Gasteiger partial charge in [0.25, 0.3) is 0 Å². The summed E-state index contributed by atoms with van der Waals surface area (Å²) in [7, 11) is 0. The van der Waals surface area contributed by atoms with Crippen molar-refractivity contribution in [2.45, 2.75) is 25.8 Å². The second-order valence-corrected chi connectivity index (χ2v) is 7.18. The smallest absolute Gasteiger partial charge is 0.123 e. The van der Waals surface area contributed by atoms with Gasteiger partial charge in [-0.2, -0.15) is 0 Å². The predicted octanol–water partition coefficient (Wildman–Crippen LogP) is 4.92. The first-order valence-corrected chi connectivity index (χ1v) is 10.2. The highest BCUT2D eigenvalue weighted by molar-refractivity contribution is 5.79. The van der Waals surface area contributed by atoms with E-state index in [0.717, 1.165) is 47.7 Å². The molecule has 152 valence electrons. The third-order valence-corrected chi connectivity index (χ3v) is 5.14. The lowest BCUT2D eigenvalue weighted by Crippen LogP contribution is -2.08. The van der Waals surface area contributed by atoms with Crippen LogP contribution >= 0.6 is 0 Å². The van der Waals surface area contributed by atoms with Crippen molar-refractivity contribution in [3.63, 3.8) is 0 Å². The third kappa shape index (κ3) is 4.47. The minimum atomic E-state index is -0.276. The Bertz CT molecular complexity index is 1080. The molecule has 0 saturated heterocycles. The molecule has 2 aromatic carbocycles. The summed E-state index contributed by atoms with van der Waals surface area (Å²) in [5, 5.41) is 9.61. The minimum Gasteiger partial charge on any atom is -0.396 e. The second-order valence-electron chi connectivity index (χ2n) is 7.18. The summed E-state index contributed by atoms with van der Waals surface area (Å²) >= 11 is 0. The average Bonchev–Trinajstić information content (AvgIpc) is 3.14. The highest BCUT2D eigenvalue weighted by atomic mass is 19.1. The van der Waals surface area contributed by atoms with Crippen LogP contribution in [0.5, 0.6) is 0 Å². The summed E-state index contributed by atoms with van der Waals surface area (Å²) in [6, 6.07) is 20.7. The molecule has 2 heterocycles. The molecule has 0 aliphatic rings. The SMILES string of the molecule is OCCc1nc(-c2ccc(F)cc2)c(-c2ccncc2)n1CCCc1ccccc1. The van der Waals surface area contributed by atoms with E-state index in [4.69, 9.17) is 4.98 Å². The fourth-order valence-corrected chi connectivity index (χ4v) is 3.73. The van der Waals surface area contributed by atoms with Crippen LogP contribution in [0.1, 0.15) is 17.8 Å². The molecule has 0 atom stereocenters. The van der Waals surface area contributed by atoms with Crippen molar-refractivity contribution >= 4 is 0 Å². The summed E-state index contributed by atoms with van der Waals surface area (Å²) in [6.45, 7) is 0.796. The average molecular weight is 401 g/mol. The molecule has 0 fully saturated rings. The first kappa shape index (κ1) is 20.0. The van der Waals surface area contributed by atoms with Gasteiger partial charge >= 0.3 is 0 Å². The van der Waals surface area contributed by atoms with E-state index in [1.807, 2.05) is 18.2 Å². The number of aryl methyl sites for hydroxylation is 1. The fourth-order valence-electron chi connectivity index (χ4n) is 3.73. The van der Waals surface area contributed by atoms with Crippen molar-refractivity contribution < 1.29 is 9.50 Å². The Hall–Kier alpha value is -3.31. The first-order chi connectivity index (χ1) is 14.8. The molecule has 0 amide bonds. The summed E-state index contributed by atoms with van der Waals surface area (Å²) in [5.41, 5.74) is 4.92. The number of hydrogen-bond acceptors (Lipinski definition) is 3. The van der Waals surface area contributed by atoms with Gasteiger partial charge in [-0.3, -0.25) is 4.98 Å². The van der Waals surface area contributed by atoms with Crippen molar-refractivity contribution in [3.05, 3.63) is 96.3 Å². The lowest BCUT2D eigenvalue weighted by Gasteiger charge is -2.13. The van der Waals surface area contributed by atoms with E-state index in [1.54, 1.807) is 24.5 Å². The molecule has 0 aliphatic heterocycles. The minimum absolute atomic E-state index is 0.0222. The van der Waals surface area contributed by atoms with Gasteiger partial charge in [0.1, 0.15) is 11.6 Å². The van der Waals surface area contributed by atoms with E-state index >= 15 is 0 Å². The molecule has 0 bridgehead atoms. The van der Waals surface area contributed by atoms with Gasteiger partial charge in [-0.15, -0.1) is 0 Å². The van der Waals surface area contributed by atoms with E-state index < -0.39 is 0 Å². The molecule has 0 radical (unpaired) electrons. The largest absolute Gasteiger partial charge is 0.396 e. The van der Waals surface area contributed by atoms with Crippen LogP contribution < -0.4 is 0 Å². The van der Waals surface area contributed by atoms with Crippen LogP contribution in [-0.4, -0.2) is 26.2 Å². The zero-order chi connectivity index (χ0) is 20.8. The number of aliphatic hydroxyl groups excluding tert-OH is 1. The summed E-state index contributed by atoms with van der Waals surface area (Å²) < 4.78 is 15.7. The number of hydrogen-bond donors (Lipinski definition) is 1. The van der Waals surface area contributed by atoms with Crippen LogP contribution in [0.25, 0.3) is 22.5 Å².